The van der Waals surface area contributed by atoms with Gasteiger partial charge in [-0.1, -0.05) is 23.2 Å². The highest BCUT2D eigenvalue weighted by Crippen LogP contribution is 2.34. The van der Waals surface area contributed by atoms with Gasteiger partial charge < -0.3 is 4.42 Å². The van der Waals surface area contributed by atoms with Crippen LogP contribution < -0.4 is 11.2 Å². The number of hydrogen-bond donors (Lipinski definition) is 0. The van der Waals surface area contributed by atoms with Gasteiger partial charge in [0, 0.05) is 24.7 Å². The Morgan fingerprint density at radius 1 is 1.16 bits per heavy atom. The SMILES string of the molecule is Cn1c(Sc2nnc(-c3ccc(Cl)cc3Cl)n2Cc2ccco2)c(C#N)c(=O)n(C)c1=O. The summed E-state index contributed by atoms with van der Waals surface area (Å²) in [4.78, 5) is 24.9. The average molecular weight is 489 g/mol. The van der Waals surface area contributed by atoms with Gasteiger partial charge in [-0.05, 0) is 42.1 Å². The molecule has 162 valence electrons. The minimum absolute atomic E-state index is 0.155. The third-order valence-electron chi connectivity index (χ3n) is 4.69. The number of hydrogen-bond acceptors (Lipinski definition) is 7. The van der Waals surface area contributed by atoms with Crippen molar-refractivity contribution in [2.24, 2.45) is 14.1 Å². The van der Waals surface area contributed by atoms with Gasteiger partial charge in [0.2, 0.25) is 0 Å². The zero-order chi connectivity index (χ0) is 23.0. The largest absolute Gasteiger partial charge is 0.467 e. The highest BCUT2D eigenvalue weighted by Gasteiger charge is 2.23. The molecule has 9 nitrogen and oxygen atoms in total. The topological polar surface area (TPSA) is 112 Å². The quantitative estimate of drug-likeness (QED) is 0.396. The maximum Gasteiger partial charge on any atom is 0.331 e. The van der Waals surface area contributed by atoms with Crippen LogP contribution in [0.15, 0.2) is 60.8 Å². The highest BCUT2D eigenvalue weighted by atomic mass is 35.5. The molecule has 0 atom stereocenters. The third-order valence-corrected chi connectivity index (χ3v) is 6.40. The number of rotatable bonds is 5. The van der Waals surface area contributed by atoms with Crippen molar-refractivity contribution in [1.29, 1.82) is 5.26 Å². The van der Waals surface area contributed by atoms with E-state index in [-0.39, 0.29) is 17.1 Å². The second kappa shape index (κ2) is 8.70. The lowest BCUT2D eigenvalue weighted by atomic mass is 10.2. The Morgan fingerprint density at radius 2 is 1.94 bits per heavy atom. The Hall–Kier alpha value is -3.26. The first-order chi connectivity index (χ1) is 15.3. The van der Waals surface area contributed by atoms with Gasteiger partial charge in [-0.25, -0.2) is 4.79 Å². The zero-order valence-corrected chi connectivity index (χ0v) is 19.1. The molecule has 0 bridgehead atoms. The monoisotopic (exact) mass is 488 g/mol. The molecule has 0 fully saturated rings. The van der Waals surface area contributed by atoms with Crippen LogP contribution >= 0.6 is 35.0 Å². The summed E-state index contributed by atoms with van der Waals surface area (Å²) in [6.07, 6.45) is 1.54. The van der Waals surface area contributed by atoms with Crippen LogP contribution in [0.2, 0.25) is 10.0 Å². The summed E-state index contributed by atoms with van der Waals surface area (Å²) >= 11 is 13.4. The van der Waals surface area contributed by atoms with Crippen molar-refractivity contribution in [2.45, 2.75) is 16.7 Å². The first kappa shape index (κ1) is 22.0. The molecule has 0 aliphatic heterocycles. The molecule has 0 unspecified atom stereocenters. The predicted octanol–water partition coefficient (Wildman–Crippen LogP) is 3.31. The van der Waals surface area contributed by atoms with Gasteiger partial charge in [0.1, 0.15) is 22.4 Å². The van der Waals surface area contributed by atoms with Crippen LogP contribution in [-0.2, 0) is 20.6 Å². The van der Waals surface area contributed by atoms with Gasteiger partial charge in [-0.15, -0.1) is 10.2 Å². The molecule has 3 aromatic heterocycles. The zero-order valence-electron chi connectivity index (χ0n) is 16.7. The van der Waals surface area contributed by atoms with Crippen LogP contribution in [0.1, 0.15) is 11.3 Å². The molecule has 3 heterocycles. The van der Waals surface area contributed by atoms with E-state index in [4.69, 9.17) is 27.6 Å². The number of furan rings is 1. The molecule has 0 saturated carbocycles. The average Bonchev–Trinajstić information content (AvgIpc) is 3.42. The third kappa shape index (κ3) is 3.86. The van der Waals surface area contributed by atoms with Crippen LogP contribution in [0, 0.1) is 11.3 Å². The molecule has 0 N–H and O–H groups in total. The molecule has 0 aliphatic rings. The summed E-state index contributed by atoms with van der Waals surface area (Å²) < 4.78 is 9.31. The van der Waals surface area contributed by atoms with E-state index < -0.39 is 11.2 Å². The highest BCUT2D eigenvalue weighted by molar-refractivity contribution is 7.99. The van der Waals surface area contributed by atoms with E-state index in [1.54, 1.807) is 41.2 Å². The maximum atomic E-state index is 12.5. The molecule has 1 aromatic carbocycles. The molecular weight excluding hydrogens is 475 g/mol. The van der Waals surface area contributed by atoms with Gasteiger partial charge in [-0.3, -0.25) is 18.5 Å². The Balaban J connectivity index is 1.90. The van der Waals surface area contributed by atoms with Crippen molar-refractivity contribution >= 4 is 35.0 Å². The summed E-state index contributed by atoms with van der Waals surface area (Å²) in [6.45, 7) is 0.247. The molecule has 4 aromatic rings. The molecular formula is C20H14Cl2N6O3S. The van der Waals surface area contributed by atoms with E-state index in [0.29, 0.717) is 32.3 Å². The Bertz CT molecular complexity index is 1480. The van der Waals surface area contributed by atoms with Crippen LogP contribution in [0.4, 0.5) is 0 Å². The first-order valence-corrected chi connectivity index (χ1v) is 10.7. The van der Waals surface area contributed by atoms with E-state index in [9.17, 15) is 14.9 Å². The van der Waals surface area contributed by atoms with Crippen molar-refractivity contribution < 1.29 is 4.42 Å². The van der Waals surface area contributed by atoms with E-state index in [1.807, 2.05) is 6.07 Å². The summed E-state index contributed by atoms with van der Waals surface area (Å²) in [6, 6.07) is 10.4. The number of nitriles is 1. The van der Waals surface area contributed by atoms with Crippen molar-refractivity contribution in [3.63, 3.8) is 0 Å². The number of nitrogens with zero attached hydrogens (tertiary/aromatic N) is 6. The van der Waals surface area contributed by atoms with Gasteiger partial charge >= 0.3 is 5.69 Å². The van der Waals surface area contributed by atoms with E-state index in [1.165, 1.54) is 18.7 Å². The molecule has 32 heavy (non-hydrogen) atoms. The Labute approximate surface area is 195 Å². The van der Waals surface area contributed by atoms with E-state index >= 15 is 0 Å². The number of halogens is 2. The smallest absolute Gasteiger partial charge is 0.331 e. The normalized spacial score (nSPS) is 11.0. The number of aromatic nitrogens is 5. The molecule has 0 amide bonds. The predicted molar refractivity (Wildman–Crippen MR) is 119 cm³/mol. The molecule has 0 spiro atoms. The van der Waals surface area contributed by atoms with Gasteiger partial charge in [0.25, 0.3) is 5.56 Å². The van der Waals surface area contributed by atoms with Gasteiger partial charge in [0.05, 0.1) is 17.8 Å². The summed E-state index contributed by atoms with van der Waals surface area (Å²) in [5.74, 6) is 1.05. The van der Waals surface area contributed by atoms with Crippen LogP contribution in [-0.4, -0.2) is 23.9 Å². The molecule has 0 saturated heterocycles. The molecule has 0 radical (unpaired) electrons. The summed E-state index contributed by atoms with van der Waals surface area (Å²) in [7, 11) is 2.80. The van der Waals surface area contributed by atoms with Crippen LogP contribution in [0.3, 0.4) is 0 Å². The summed E-state index contributed by atoms with van der Waals surface area (Å²) in [5.41, 5.74) is -0.829. The standard InChI is InChI=1S/C20H14Cl2N6O3S/c1-26-17(29)14(9-23)18(27(2)20(26)30)32-19-25-24-16(13-6-5-11(21)8-15(13)22)28(19)10-12-4-3-7-31-12/h3-8H,10H2,1-2H3. The fourth-order valence-corrected chi connectivity index (χ4v) is 4.52. The van der Waals surface area contributed by atoms with E-state index in [0.717, 1.165) is 16.3 Å². The van der Waals surface area contributed by atoms with E-state index in [2.05, 4.69) is 10.2 Å². The van der Waals surface area contributed by atoms with Crippen LogP contribution in [0.5, 0.6) is 0 Å². The van der Waals surface area contributed by atoms with Crippen molar-refractivity contribution in [1.82, 2.24) is 23.9 Å². The van der Waals surface area contributed by atoms with Gasteiger partial charge in [0.15, 0.2) is 11.0 Å². The second-order valence-corrected chi connectivity index (χ2v) is 8.50. The lowest BCUT2D eigenvalue weighted by molar-refractivity contribution is 0.485. The Morgan fingerprint density at radius 3 is 2.59 bits per heavy atom. The molecule has 12 heteroatoms. The Kier molecular flexibility index (Phi) is 5.97. The maximum absolute atomic E-state index is 12.5. The lowest BCUT2D eigenvalue weighted by Crippen LogP contribution is -2.39. The fourth-order valence-electron chi connectivity index (χ4n) is 3.06. The van der Waals surface area contributed by atoms with Crippen molar-refractivity contribution in [3.05, 3.63) is 78.8 Å². The lowest BCUT2D eigenvalue weighted by Gasteiger charge is -2.13. The number of benzene rings is 1. The van der Waals surface area contributed by atoms with Crippen LogP contribution in [0.25, 0.3) is 11.4 Å². The van der Waals surface area contributed by atoms with Gasteiger partial charge in [-0.2, -0.15) is 5.26 Å². The minimum atomic E-state index is -0.684. The van der Waals surface area contributed by atoms with Crippen molar-refractivity contribution in [3.8, 4) is 17.5 Å². The molecule has 4 rings (SSSR count). The van der Waals surface area contributed by atoms with Crippen molar-refractivity contribution in [2.75, 3.05) is 0 Å². The fraction of sp³-hybridized carbons (Fsp3) is 0.150. The first-order valence-electron chi connectivity index (χ1n) is 9.10. The minimum Gasteiger partial charge on any atom is -0.467 e. The molecule has 0 aliphatic carbocycles. The second-order valence-electron chi connectivity index (χ2n) is 6.70. The summed E-state index contributed by atoms with van der Waals surface area (Å²) in [5, 5.41) is 19.4.